The van der Waals surface area contributed by atoms with Crippen molar-refractivity contribution in [2.45, 2.75) is 0 Å². The quantitative estimate of drug-likeness (QED) is 0.467. The summed E-state index contributed by atoms with van der Waals surface area (Å²) in [6.07, 6.45) is 1.20. The smallest absolute Gasteiger partial charge is 0.142 e. The molecule has 0 radical (unpaired) electrons. The molecule has 0 spiro atoms. The summed E-state index contributed by atoms with van der Waals surface area (Å²) in [7, 11) is 0. The maximum absolute atomic E-state index is 7.07. The zero-order valence-electron chi connectivity index (χ0n) is 7.29. The van der Waals surface area contributed by atoms with Gasteiger partial charge in [-0.05, 0) is 6.07 Å². The molecule has 0 fully saturated rings. The van der Waals surface area contributed by atoms with E-state index in [9.17, 15) is 0 Å². The predicted octanol–water partition coefficient (Wildman–Crippen LogP) is 0.604. The van der Waals surface area contributed by atoms with Crippen molar-refractivity contribution in [1.29, 1.82) is 5.41 Å². The Balaban J connectivity index is 2.87. The van der Waals surface area contributed by atoms with Gasteiger partial charge < -0.3 is 21.6 Å². The van der Waals surface area contributed by atoms with E-state index in [-0.39, 0.29) is 0 Å². The van der Waals surface area contributed by atoms with E-state index in [1.54, 1.807) is 18.2 Å². The van der Waals surface area contributed by atoms with Crippen molar-refractivity contribution in [3.63, 3.8) is 0 Å². The standard InChI is InChI=1S/C9H13N3O/c10-4-5-13-8-3-1-2-7(6-11)9(8)12/h1-3,6,11H,4-5,10,12H2. The summed E-state index contributed by atoms with van der Waals surface area (Å²) in [6, 6.07) is 5.32. The summed E-state index contributed by atoms with van der Waals surface area (Å²) >= 11 is 0. The first-order chi connectivity index (χ1) is 6.29. The molecule has 0 aliphatic heterocycles. The first-order valence-corrected chi connectivity index (χ1v) is 4.01. The van der Waals surface area contributed by atoms with Gasteiger partial charge in [0.25, 0.3) is 0 Å². The first-order valence-electron chi connectivity index (χ1n) is 4.01. The fourth-order valence-corrected chi connectivity index (χ4v) is 0.982. The van der Waals surface area contributed by atoms with E-state index < -0.39 is 0 Å². The normalized spacial score (nSPS) is 9.62. The molecular weight excluding hydrogens is 166 g/mol. The van der Waals surface area contributed by atoms with Gasteiger partial charge in [-0.3, -0.25) is 0 Å². The molecule has 0 amide bonds. The third kappa shape index (κ3) is 2.19. The molecule has 0 heterocycles. The molecule has 1 aromatic rings. The largest absolute Gasteiger partial charge is 0.490 e. The Kier molecular flexibility index (Phi) is 3.28. The second-order valence-electron chi connectivity index (χ2n) is 2.54. The number of para-hydroxylation sites is 1. The number of hydrogen-bond donors (Lipinski definition) is 3. The van der Waals surface area contributed by atoms with E-state index in [4.69, 9.17) is 21.6 Å². The maximum atomic E-state index is 7.07. The van der Waals surface area contributed by atoms with Crippen LogP contribution in [0, 0.1) is 5.41 Å². The molecule has 0 saturated heterocycles. The van der Waals surface area contributed by atoms with Crippen LogP contribution < -0.4 is 16.2 Å². The van der Waals surface area contributed by atoms with E-state index in [0.717, 1.165) is 0 Å². The average Bonchev–Trinajstić information content (AvgIpc) is 2.16. The van der Waals surface area contributed by atoms with Crippen molar-refractivity contribution in [2.75, 3.05) is 18.9 Å². The molecule has 4 heteroatoms. The zero-order valence-corrected chi connectivity index (χ0v) is 7.29. The van der Waals surface area contributed by atoms with Gasteiger partial charge in [0.1, 0.15) is 12.4 Å². The van der Waals surface area contributed by atoms with Crippen molar-refractivity contribution in [3.05, 3.63) is 23.8 Å². The van der Waals surface area contributed by atoms with Crippen molar-refractivity contribution in [3.8, 4) is 5.75 Å². The highest BCUT2D eigenvalue weighted by molar-refractivity contribution is 5.87. The van der Waals surface area contributed by atoms with Crippen LogP contribution in [-0.2, 0) is 0 Å². The molecule has 4 nitrogen and oxygen atoms in total. The van der Waals surface area contributed by atoms with E-state index in [1.807, 2.05) is 0 Å². The van der Waals surface area contributed by atoms with Crippen molar-refractivity contribution >= 4 is 11.9 Å². The van der Waals surface area contributed by atoms with E-state index in [1.165, 1.54) is 6.21 Å². The summed E-state index contributed by atoms with van der Waals surface area (Å²) < 4.78 is 5.28. The number of nitrogen functional groups attached to an aromatic ring is 1. The van der Waals surface area contributed by atoms with Gasteiger partial charge in [0.05, 0.1) is 5.69 Å². The molecule has 0 unspecified atom stereocenters. The highest BCUT2D eigenvalue weighted by Gasteiger charge is 2.02. The van der Waals surface area contributed by atoms with Gasteiger partial charge in [0.2, 0.25) is 0 Å². The van der Waals surface area contributed by atoms with Gasteiger partial charge in [-0.15, -0.1) is 0 Å². The maximum Gasteiger partial charge on any atom is 0.142 e. The molecule has 0 aromatic heterocycles. The van der Waals surface area contributed by atoms with Crippen LogP contribution in [0.4, 0.5) is 5.69 Å². The van der Waals surface area contributed by atoms with Crippen molar-refractivity contribution in [1.82, 2.24) is 0 Å². The van der Waals surface area contributed by atoms with Crippen LogP contribution in [-0.4, -0.2) is 19.4 Å². The Bertz CT molecular complexity index is 299. The SMILES string of the molecule is N=Cc1cccc(OCCN)c1N. The summed E-state index contributed by atoms with van der Waals surface area (Å²) in [5.74, 6) is 0.589. The number of nitrogens with two attached hydrogens (primary N) is 2. The van der Waals surface area contributed by atoms with E-state index >= 15 is 0 Å². The Labute approximate surface area is 77.0 Å². The Hall–Kier alpha value is -1.55. The van der Waals surface area contributed by atoms with Crippen molar-refractivity contribution < 1.29 is 4.74 Å². The lowest BCUT2D eigenvalue weighted by Crippen LogP contribution is -2.11. The fourth-order valence-electron chi connectivity index (χ4n) is 0.982. The first kappa shape index (κ1) is 9.54. The molecule has 0 aliphatic rings. The highest BCUT2D eigenvalue weighted by Crippen LogP contribution is 2.23. The summed E-state index contributed by atoms with van der Waals surface area (Å²) in [6.45, 7) is 0.889. The number of ether oxygens (including phenoxy) is 1. The number of hydrogen-bond acceptors (Lipinski definition) is 4. The summed E-state index contributed by atoms with van der Waals surface area (Å²) in [5.41, 5.74) is 12.2. The van der Waals surface area contributed by atoms with Gasteiger partial charge in [-0.25, -0.2) is 0 Å². The molecule has 70 valence electrons. The Morgan fingerprint density at radius 1 is 1.46 bits per heavy atom. The van der Waals surface area contributed by atoms with Crippen LogP contribution in [0.25, 0.3) is 0 Å². The van der Waals surface area contributed by atoms with Gasteiger partial charge >= 0.3 is 0 Å². The van der Waals surface area contributed by atoms with Crippen LogP contribution in [0.5, 0.6) is 5.75 Å². The Morgan fingerprint density at radius 2 is 2.23 bits per heavy atom. The summed E-state index contributed by atoms with van der Waals surface area (Å²) in [5, 5.41) is 7.07. The summed E-state index contributed by atoms with van der Waals surface area (Å²) in [4.78, 5) is 0. The van der Waals surface area contributed by atoms with Crippen LogP contribution in [0.3, 0.4) is 0 Å². The van der Waals surface area contributed by atoms with Crippen LogP contribution in [0.2, 0.25) is 0 Å². The Morgan fingerprint density at radius 3 is 2.85 bits per heavy atom. The predicted molar refractivity (Wildman–Crippen MR) is 53.3 cm³/mol. The lowest BCUT2D eigenvalue weighted by atomic mass is 10.2. The topological polar surface area (TPSA) is 85.1 Å². The van der Waals surface area contributed by atoms with Crippen LogP contribution in [0.15, 0.2) is 18.2 Å². The lowest BCUT2D eigenvalue weighted by molar-refractivity contribution is 0.330. The third-order valence-corrected chi connectivity index (χ3v) is 1.63. The minimum absolute atomic E-state index is 0.436. The number of nitrogens with one attached hydrogen (secondary N) is 1. The van der Waals surface area contributed by atoms with E-state index in [2.05, 4.69) is 0 Å². The fraction of sp³-hybridized carbons (Fsp3) is 0.222. The minimum atomic E-state index is 0.436. The molecule has 0 aliphatic carbocycles. The third-order valence-electron chi connectivity index (χ3n) is 1.63. The minimum Gasteiger partial charge on any atom is -0.490 e. The number of anilines is 1. The lowest BCUT2D eigenvalue weighted by Gasteiger charge is -2.08. The second-order valence-corrected chi connectivity index (χ2v) is 2.54. The average molecular weight is 179 g/mol. The molecule has 0 atom stereocenters. The van der Waals surface area contributed by atoms with Gasteiger partial charge in [0, 0.05) is 18.3 Å². The monoisotopic (exact) mass is 179 g/mol. The van der Waals surface area contributed by atoms with Crippen LogP contribution in [0.1, 0.15) is 5.56 Å². The second kappa shape index (κ2) is 4.47. The van der Waals surface area contributed by atoms with Crippen LogP contribution >= 0.6 is 0 Å². The molecular formula is C9H13N3O. The van der Waals surface area contributed by atoms with Crippen molar-refractivity contribution in [2.24, 2.45) is 5.73 Å². The van der Waals surface area contributed by atoms with Gasteiger partial charge in [-0.1, -0.05) is 12.1 Å². The highest BCUT2D eigenvalue weighted by atomic mass is 16.5. The zero-order chi connectivity index (χ0) is 9.68. The molecule has 0 saturated carbocycles. The van der Waals surface area contributed by atoms with Gasteiger partial charge in [-0.2, -0.15) is 0 Å². The molecule has 1 rings (SSSR count). The van der Waals surface area contributed by atoms with Gasteiger partial charge in [0.15, 0.2) is 0 Å². The molecule has 13 heavy (non-hydrogen) atoms. The number of benzene rings is 1. The molecule has 5 N–H and O–H groups in total. The molecule has 0 bridgehead atoms. The number of rotatable bonds is 4. The molecule has 1 aromatic carbocycles. The van der Waals surface area contributed by atoms with E-state index in [0.29, 0.717) is 30.2 Å².